The average Bonchev–Trinajstić information content (AvgIpc) is 3.68. The molecule has 1 N–H and O–H groups in total. The van der Waals surface area contributed by atoms with Crippen LogP contribution in [0.2, 0.25) is 0 Å². The molecule has 5 aromatic rings. The predicted molar refractivity (Wildman–Crippen MR) is 142 cm³/mol. The van der Waals surface area contributed by atoms with E-state index in [2.05, 4.69) is 25.4 Å². The number of fused-ring (bicyclic) bond motifs is 1. The van der Waals surface area contributed by atoms with Gasteiger partial charge in [0, 0.05) is 37.8 Å². The summed E-state index contributed by atoms with van der Waals surface area (Å²) in [5.74, 6) is 0.871. The molecule has 40 heavy (non-hydrogen) atoms. The third-order valence-corrected chi connectivity index (χ3v) is 7.12. The molecule has 12 heteroatoms. The summed E-state index contributed by atoms with van der Waals surface area (Å²) < 4.78 is 25.7. The van der Waals surface area contributed by atoms with Crippen LogP contribution in [-0.4, -0.2) is 74.2 Å². The number of H-pyrrole nitrogens is 1. The lowest BCUT2D eigenvalue weighted by atomic mass is 10.0. The van der Waals surface area contributed by atoms with E-state index in [0.717, 1.165) is 10.9 Å². The number of benzene rings is 2. The van der Waals surface area contributed by atoms with Crippen LogP contribution in [0, 0.1) is 5.82 Å². The van der Waals surface area contributed by atoms with Crippen molar-refractivity contribution < 1.29 is 18.3 Å². The summed E-state index contributed by atoms with van der Waals surface area (Å²) in [6.45, 7) is 2.09. The first-order chi connectivity index (χ1) is 19.5. The summed E-state index contributed by atoms with van der Waals surface area (Å²) in [6.07, 6.45) is 1.47. The number of aromatic nitrogens is 5. The maximum absolute atomic E-state index is 13.5. The van der Waals surface area contributed by atoms with Crippen LogP contribution in [0.5, 0.6) is 5.75 Å². The van der Waals surface area contributed by atoms with Gasteiger partial charge in [-0.05, 0) is 63.8 Å². The zero-order chi connectivity index (χ0) is 27.6. The van der Waals surface area contributed by atoms with Crippen molar-refractivity contribution >= 4 is 16.8 Å². The van der Waals surface area contributed by atoms with Crippen LogP contribution >= 0.6 is 0 Å². The smallest absolute Gasteiger partial charge is 0.289 e. The molecule has 0 aliphatic carbocycles. The third-order valence-electron chi connectivity index (χ3n) is 7.12. The van der Waals surface area contributed by atoms with E-state index >= 15 is 0 Å². The summed E-state index contributed by atoms with van der Waals surface area (Å²) >= 11 is 0. The van der Waals surface area contributed by atoms with E-state index in [1.807, 2.05) is 18.2 Å². The van der Waals surface area contributed by atoms with Crippen molar-refractivity contribution in [3.05, 3.63) is 106 Å². The number of ether oxygens (including phenoxy) is 1. The Kier molecular flexibility index (Phi) is 6.83. The Morgan fingerprint density at radius 3 is 2.62 bits per heavy atom. The number of carbonyl (C=O) groups excluding carboxylic acids is 1. The van der Waals surface area contributed by atoms with Crippen molar-refractivity contribution in [2.24, 2.45) is 0 Å². The summed E-state index contributed by atoms with van der Waals surface area (Å²) in [6, 6.07) is 16.2. The Hall–Kier alpha value is -4.84. The lowest BCUT2D eigenvalue weighted by molar-refractivity contribution is 0.0558. The van der Waals surface area contributed by atoms with Gasteiger partial charge in [-0.3, -0.25) is 14.5 Å². The molecule has 204 valence electrons. The summed E-state index contributed by atoms with van der Waals surface area (Å²) in [4.78, 5) is 33.2. The molecule has 1 aliphatic heterocycles. The van der Waals surface area contributed by atoms with Gasteiger partial charge in [-0.25, -0.2) is 9.07 Å². The zero-order valence-electron chi connectivity index (χ0n) is 21.7. The zero-order valence-corrected chi connectivity index (χ0v) is 21.7. The lowest BCUT2D eigenvalue weighted by Gasteiger charge is -2.38. The fourth-order valence-electron chi connectivity index (χ4n) is 5.05. The molecule has 11 nitrogen and oxygen atoms in total. The molecule has 6 rings (SSSR count). The number of amides is 1. The highest BCUT2D eigenvalue weighted by molar-refractivity contribution is 5.91. The number of furan rings is 1. The summed E-state index contributed by atoms with van der Waals surface area (Å²) in [7, 11) is 1.57. The van der Waals surface area contributed by atoms with Crippen LogP contribution in [0.3, 0.4) is 0 Å². The van der Waals surface area contributed by atoms with Gasteiger partial charge in [0.1, 0.15) is 17.6 Å². The number of tetrazole rings is 1. The summed E-state index contributed by atoms with van der Waals surface area (Å²) in [5.41, 5.74) is 1.64. The minimum atomic E-state index is -0.605. The molecule has 1 atom stereocenters. The number of pyridine rings is 1. The van der Waals surface area contributed by atoms with E-state index in [-0.39, 0.29) is 23.0 Å². The average molecular weight is 544 g/mol. The van der Waals surface area contributed by atoms with Crippen molar-refractivity contribution in [1.82, 2.24) is 35.0 Å². The first kappa shape index (κ1) is 25.4. The number of nitrogens with one attached hydrogen (secondary N) is 1. The molecule has 1 amide bonds. The van der Waals surface area contributed by atoms with Gasteiger partial charge >= 0.3 is 0 Å². The highest BCUT2D eigenvalue weighted by atomic mass is 19.1. The Morgan fingerprint density at radius 2 is 1.90 bits per heavy atom. The van der Waals surface area contributed by atoms with Crippen LogP contribution in [0.4, 0.5) is 4.39 Å². The molecule has 1 aliphatic rings. The fraction of sp³-hybridized carbons (Fsp3) is 0.250. The maximum atomic E-state index is 13.5. The second-order valence-corrected chi connectivity index (χ2v) is 9.54. The number of methoxy groups -OCH3 is 1. The Labute approximate surface area is 227 Å². The molecule has 3 aromatic heterocycles. The Bertz CT molecular complexity index is 1690. The lowest BCUT2D eigenvalue weighted by Crippen LogP contribution is -2.50. The minimum absolute atomic E-state index is 0.181. The minimum Gasteiger partial charge on any atom is -0.497 e. The topological polar surface area (TPSA) is 122 Å². The second kappa shape index (κ2) is 10.7. The molecule has 1 saturated heterocycles. The number of hydrogen-bond acceptors (Lipinski definition) is 8. The van der Waals surface area contributed by atoms with E-state index in [4.69, 9.17) is 9.15 Å². The molecular formula is C28H26FN7O4. The van der Waals surface area contributed by atoms with Gasteiger partial charge in [0.05, 0.1) is 25.4 Å². The number of nitrogens with zero attached hydrogens (tertiary/aromatic N) is 6. The van der Waals surface area contributed by atoms with Crippen molar-refractivity contribution in [3.8, 4) is 5.75 Å². The highest BCUT2D eigenvalue weighted by Crippen LogP contribution is 2.29. The van der Waals surface area contributed by atoms with Gasteiger partial charge in [0.25, 0.3) is 11.5 Å². The molecule has 0 radical (unpaired) electrons. The van der Waals surface area contributed by atoms with Crippen LogP contribution in [0.25, 0.3) is 10.9 Å². The number of hydrogen-bond donors (Lipinski definition) is 1. The standard InChI is InChI=1S/C28H26FN7O4/c1-39-21-9-6-19-15-22(27(37)30-23(19)16-21)25(26-31-32-33-36(26)17-18-4-7-20(29)8-5-18)34-10-12-35(13-11-34)28(38)24-3-2-14-40-24/h2-9,14-16,25H,10-13,17H2,1H3,(H,30,37). The van der Waals surface area contributed by atoms with E-state index in [1.54, 1.807) is 47.0 Å². The van der Waals surface area contributed by atoms with Gasteiger partial charge in [-0.1, -0.05) is 12.1 Å². The highest BCUT2D eigenvalue weighted by Gasteiger charge is 2.34. The largest absolute Gasteiger partial charge is 0.497 e. The number of aromatic amines is 1. The normalized spacial score (nSPS) is 14.9. The van der Waals surface area contributed by atoms with E-state index in [9.17, 15) is 14.0 Å². The van der Waals surface area contributed by atoms with Crippen LogP contribution in [0.15, 0.2) is 76.1 Å². The van der Waals surface area contributed by atoms with Gasteiger partial charge in [0.15, 0.2) is 11.6 Å². The molecular weight excluding hydrogens is 517 g/mol. The first-order valence-corrected chi connectivity index (χ1v) is 12.8. The number of halogens is 1. The summed E-state index contributed by atoms with van der Waals surface area (Å²) in [5, 5.41) is 13.3. The molecule has 0 spiro atoms. The Morgan fingerprint density at radius 1 is 1.10 bits per heavy atom. The first-order valence-electron chi connectivity index (χ1n) is 12.8. The molecule has 0 bridgehead atoms. The van der Waals surface area contributed by atoms with Gasteiger partial charge in [-0.2, -0.15) is 0 Å². The van der Waals surface area contributed by atoms with Crippen molar-refractivity contribution in [2.75, 3.05) is 33.3 Å². The van der Waals surface area contributed by atoms with Crippen LogP contribution < -0.4 is 10.3 Å². The molecule has 4 heterocycles. The predicted octanol–water partition coefficient (Wildman–Crippen LogP) is 2.85. The van der Waals surface area contributed by atoms with Gasteiger partial charge < -0.3 is 19.0 Å². The number of piperazine rings is 1. The molecule has 0 saturated carbocycles. The SMILES string of the molecule is COc1ccc2cc(C(c3nnnn3Cc3ccc(F)cc3)N3CCN(C(=O)c4ccco4)CC3)c(=O)[nH]c2c1. The van der Waals surface area contributed by atoms with Crippen LogP contribution in [0.1, 0.15) is 33.5 Å². The molecule has 1 unspecified atom stereocenters. The maximum Gasteiger partial charge on any atom is 0.289 e. The monoisotopic (exact) mass is 543 g/mol. The number of carbonyl (C=O) groups is 1. The molecule has 2 aromatic carbocycles. The quantitative estimate of drug-likeness (QED) is 0.333. The third kappa shape index (κ3) is 4.96. The van der Waals surface area contributed by atoms with Crippen molar-refractivity contribution in [1.29, 1.82) is 0 Å². The van der Waals surface area contributed by atoms with Gasteiger partial charge in [-0.15, -0.1) is 5.10 Å². The van der Waals surface area contributed by atoms with E-state index < -0.39 is 6.04 Å². The Balaban J connectivity index is 1.37. The van der Waals surface area contributed by atoms with E-state index in [1.165, 1.54) is 18.4 Å². The van der Waals surface area contributed by atoms with E-state index in [0.29, 0.717) is 55.4 Å². The molecule has 1 fully saturated rings. The van der Waals surface area contributed by atoms with Crippen molar-refractivity contribution in [3.63, 3.8) is 0 Å². The van der Waals surface area contributed by atoms with Crippen LogP contribution in [-0.2, 0) is 6.54 Å². The fourth-order valence-corrected chi connectivity index (χ4v) is 5.05. The second-order valence-electron chi connectivity index (χ2n) is 9.54. The van der Waals surface area contributed by atoms with Gasteiger partial charge in [0.2, 0.25) is 0 Å². The van der Waals surface area contributed by atoms with Crippen molar-refractivity contribution in [2.45, 2.75) is 12.6 Å². The number of rotatable bonds is 7.